The Balaban J connectivity index is 2.38. The molecule has 5 heteroatoms. The van der Waals surface area contributed by atoms with Gasteiger partial charge in [0.15, 0.2) is 0 Å². The van der Waals surface area contributed by atoms with Crippen molar-refractivity contribution in [3.8, 4) is 0 Å². The molecule has 1 rings (SSSR count). The maximum absolute atomic E-state index is 12.1. The quantitative estimate of drug-likeness (QED) is 0.694. The van der Waals surface area contributed by atoms with Crippen molar-refractivity contribution in [1.29, 1.82) is 0 Å². The first-order chi connectivity index (χ1) is 8.67. The van der Waals surface area contributed by atoms with Crippen LogP contribution in [0.25, 0.3) is 0 Å². The maximum atomic E-state index is 12.1. The third-order valence-corrected chi connectivity index (χ3v) is 4.21. The second-order valence-electron chi connectivity index (χ2n) is 4.47. The van der Waals surface area contributed by atoms with Gasteiger partial charge in [0.25, 0.3) is 0 Å². The van der Waals surface area contributed by atoms with Gasteiger partial charge in [-0.1, -0.05) is 0 Å². The molecule has 1 saturated heterocycles. The molecule has 0 bridgehead atoms. The second-order valence-corrected chi connectivity index (χ2v) is 5.70. The Morgan fingerprint density at radius 1 is 1.28 bits per heavy atom. The van der Waals surface area contributed by atoms with Crippen molar-refractivity contribution in [1.82, 2.24) is 4.90 Å². The number of rotatable bonds is 6. The lowest BCUT2D eigenvalue weighted by Crippen LogP contribution is -2.37. The van der Waals surface area contributed by atoms with Crippen LogP contribution in [0.2, 0.25) is 0 Å². The molecule has 1 aliphatic rings. The minimum atomic E-state index is -0.313. The van der Waals surface area contributed by atoms with Crippen molar-refractivity contribution < 1.29 is 14.3 Å². The van der Waals surface area contributed by atoms with E-state index in [1.807, 2.05) is 18.7 Å². The normalized spacial score (nSPS) is 16.3. The summed E-state index contributed by atoms with van der Waals surface area (Å²) in [6.45, 7) is 4.69. The van der Waals surface area contributed by atoms with E-state index in [4.69, 9.17) is 4.74 Å². The number of likely N-dealkylation sites (N-methyl/N-ethyl adjacent to an activating group) is 1. The third kappa shape index (κ3) is 5.29. The molecular formula is C13H23NO3S. The molecule has 104 valence electrons. The molecule has 0 radical (unpaired) electrons. The number of amides is 1. The zero-order valence-electron chi connectivity index (χ0n) is 11.3. The lowest BCUT2D eigenvalue weighted by molar-refractivity contribution is -0.149. The monoisotopic (exact) mass is 273 g/mol. The van der Waals surface area contributed by atoms with Crippen molar-refractivity contribution in [2.45, 2.75) is 33.1 Å². The molecule has 0 aromatic rings. The summed E-state index contributed by atoms with van der Waals surface area (Å²) in [7, 11) is 0. The maximum Gasteiger partial charge on any atom is 0.325 e. The summed E-state index contributed by atoms with van der Waals surface area (Å²) in [5, 5.41) is 0. The highest BCUT2D eigenvalue weighted by Crippen LogP contribution is 2.25. The summed E-state index contributed by atoms with van der Waals surface area (Å²) in [6.07, 6.45) is 2.81. The fraction of sp³-hybridized carbons (Fsp3) is 0.846. The van der Waals surface area contributed by atoms with Crippen LogP contribution >= 0.6 is 11.8 Å². The van der Waals surface area contributed by atoms with Crippen molar-refractivity contribution >= 4 is 23.6 Å². The SMILES string of the molecule is CCOC(=O)CN(CC)C(=O)CC1CCSCC1. The number of carbonyl (C=O) groups excluding carboxylic acids is 2. The molecular weight excluding hydrogens is 250 g/mol. The lowest BCUT2D eigenvalue weighted by atomic mass is 9.98. The molecule has 0 saturated carbocycles. The van der Waals surface area contributed by atoms with E-state index in [9.17, 15) is 9.59 Å². The summed E-state index contributed by atoms with van der Waals surface area (Å²) in [5.41, 5.74) is 0. The number of esters is 1. The number of hydrogen-bond acceptors (Lipinski definition) is 4. The summed E-state index contributed by atoms with van der Waals surface area (Å²) in [4.78, 5) is 25.1. The predicted octanol–water partition coefficient (Wildman–Crippen LogP) is 1.93. The average Bonchev–Trinajstić information content (AvgIpc) is 2.37. The van der Waals surface area contributed by atoms with Crippen molar-refractivity contribution in [2.75, 3.05) is 31.2 Å². The Hall–Kier alpha value is -0.710. The van der Waals surface area contributed by atoms with Gasteiger partial charge in [0.05, 0.1) is 6.61 Å². The van der Waals surface area contributed by atoms with Gasteiger partial charge in [-0.05, 0) is 44.1 Å². The Kier molecular flexibility index (Phi) is 7.16. The van der Waals surface area contributed by atoms with Gasteiger partial charge in [0.2, 0.25) is 5.91 Å². The Bertz CT molecular complexity index is 277. The van der Waals surface area contributed by atoms with Gasteiger partial charge in [-0.3, -0.25) is 9.59 Å². The van der Waals surface area contributed by atoms with E-state index in [0.29, 0.717) is 25.5 Å². The van der Waals surface area contributed by atoms with Crippen LogP contribution in [0.1, 0.15) is 33.1 Å². The van der Waals surface area contributed by atoms with Crippen molar-refractivity contribution in [3.05, 3.63) is 0 Å². The Morgan fingerprint density at radius 3 is 2.50 bits per heavy atom. The van der Waals surface area contributed by atoms with Crippen LogP contribution < -0.4 is 0 Å². The number of hydrogen-bond donors (Lipinski definition) is 0. The molecule has 18 heavy (non-hydrogen) atoms. The molecule has 0 aromatic carbocycles. The summed E-state index contributed by atoms with van der Waals surface area (Å²) in [5.74, 6) is 2.58. The van der Waals surface area contributed by atoms with Crippen LogP contribution in [-0.2, 0) is 14.3 Å². The number of ether oxygens (including phenoxy) is 1. The van der Waals surface area contributed by atoms with Gasteiger partial charge >= 0.3 is 5.97 Å². The first-order valence-corrected chi connectivity index (χ1v) is 7.84. The van der Waals surface area contributed by atoms with E-state index in [2.05, 4.69) is 0 Å². The minimum absolute atomic E-state index is 0.0856. The van der Waals surface area contributed by atoms with Crippen LogP contribution in [0.15, 0.2) is 0 Å². The van der Waals surface area contributed by atoms with E-state index in [-0.39, 0.29) is 18.4 Å². The Labute approximate surface area is 113 Å². The highest BCUT2D eigenvalue weighted by molar-refractivity contribution is 7.99. The highest BCUT2D eigenvalue weighted by atomic mass is 32.2. The first-order valence-electron chi connectivity index (χ1n) is 6.68. The van der Waals surface area contributed by atoms with E-state index in [1.165, 1.54) is 0 Å². The summed E-state index contributed by atoms with van der Waals surface area (Å²) in [6, 6.07) is 0. The number of thioether (sulfide) groups is 1. The predicted molar refractivity (Wildman–Crippen MR) is 73.6 cm³/mol. The van der Waals surface area contributed by atoms with Gasteiger partial charge in [-0.15, -0.1) is 0 Å². The number of carbonyl (C=O) groups is 2. The third-order valence-electron chi connectivity index (χ3n) is 3.16. The van der Waals surface area contributed by atoms with Gasteiger partial charge in [-0.2, -0.15) is 11.8 Å². The molecule has 0 atom stereocenters. The van der Waals surface area contributed by atoms with E-state index in [1.54, 1.807) is 11.8 Å². The molecule has 0 aliphatic carbocycles. The van der Waals surface area contributed by atoms with Gasteiger partial charge in [0.1, 0.15) is 6.54 Å². The fourth-order valence-corrected chi connectivity index (χ4v) is 3.27. The zero-order chi connectivity index (χ0) is 13.4. The van der Waals surface area contributed by atoms with E-state index >= 15 is 0 Å². The molecule has 0 aromatic heterocycles. The lowest BCUT2D eigenvalue weighted by Gasteiger charge is -2.25. The molecule has 1 fully saturated rings. The highest BCUT2D eigenvalue weighted by Gasteiger charge is 2.22. The van der Waals surface area contributed by atoms with E-state index in [0.717, 1.165) is 24.3 Å². The number of nitrogens with zero attached hydrogens (tertiary/aromatic N) is 1. The molecule has 0 spiro atoms. The first kappa shape index (κ1) is 15.3. The summed E-state index contributed by atoms with van der Waals surface area (Å²) >= 11 is 1.96. The molecule has 0 N–H and O–H groups in total. The molecule has 4 nitrogen and oxygen atoms in total. The van der Waals surface area contributed by atoms with Crippen LogP contribution in [0, 0.1) is 5.92 Å². The van der Waals surface area contributed by atoms with Crippen LogP contribution in [-0.4, -0.2) is 48.0 Å². The average molecular weight is 273 g/mol. The second kappa shape index (κ2) is 8.40. The smallest absolute Gasteiger partial charge is 0.325 e. The van der Waals surface area contributed by atoms with Gasteiger partial charge in [0, 0.05) is 13.0 Å². The molecule has 1 aliphatic heterocycles. The van der Waals surface area contributed by atoms with Gasteiger partial charge in [-0.25, -0.2) is 0 Å². The molecule has 0 unspecified atom stereocenters. The standard InChI is InChI=1S/C13H23NO3S/c1-3-14(10-13(16)17-4-2)12(15)9-11-5-7-18-8-6-11/h11H,3-10H2,1-2H3. The minimum Gasteiger partial charge on any atom is -0.465 e. The largest absolute Gasteiger partial charge is 0.465 e. The Morgan fingerprint density at radius 2 is 1.94 bits per heavy atom. The van der Waals surface area contributed by atoms with Crippen molar-refractivity contribution in [3.63, 3.8) is 0 Å². The topological polar surface area (TPSA) is 46.6 Å². The molecule has 1 amide bonds. The fourth-order valence-electron chi connectivity index (χ4n) is 2.07. The zero-order valence-corrected chi connectivity index (χ0v) is 12.1. The van der Waals surface area contributed by atoms with Crippen LogP contribution in [0.5, 0.6) is 0 Å². The van der Waals surface area contributed by atoms with Crippen LogP contribution in [0.4, 0.5) is 0 Å². The summed E-state index contributed by atoms with van der Waals surface area (Å²) < 4.78 is 4.88. The van der Waals surface area contributed by atoms with Crippen LogP contribution in [0.3, 0.4) is 0 Å². The van der Waals surface area contributed by atoms with Crippen molar-refractivity contribution in [2.24, 2.45) is 5.92 Å². The van der Waals surface area contributed by atoms with Gasteiger partial charge < -0.3 is 9.64 Å². The van der Waals surface area contributed by atoms with E-state index < -0.39 is 0 Å². The molecule has 1 heterocycles.